The van der Waals surface area contributed by atoms with Crippen LogP contribution in [0.1, 0.15) is 18.9 Å². The number of nitrogens with zero attached hydrogens (tertiary/aromatic N) is 3. The molecule has 4 rings (SSSR count). The van der Waals surface area contributed by atoms with Crippen molar-refractivity contribution in [1.29, 1.82) is 0 Å². The van der Waals surface area contributed by atoms with Gasteiger partial charge in [0.2, 0.25) is 0 Å². The molecule has 3 aromatic rings. The highest BCUT2D eigenvalue weighted by Crippen LogP contribution is 2.27. The van der Waals surface area contributed by atoms with Crippen molar-refractivity contribution in [3.05, 3.63) is 82.9 Å². The molecule has 1 fully saturated rings. The van der Waals surface area contributed by atoms with Crippen molar-refractivity contribution in [3.63, 3.8) is 0 Å². The first-order valence-electron chi connectivity index (χ1n) is 9.40. The molecular weight excluding hydrogens is 352 g/mol. The molecule has 3 heterocycles. The normalized spacial score (nSPS) is 19.0. The Kier molecular flexibility index (Phi) is 4.88. The van der Waals surface area contributed by atoms with Crippen LogP contribution in [0, 0.1) is 0 Å². The van der Waals surface area contributed by atoms with Crippen LogP contribution in [0.2, 0.25) is 0 Å². The molecule has 6 heteroatoms. The van der Waals surface area contributed by atoms with E-state index in [-0.39, 0.29) is 11.1 Å². The molecule has 2 aromatic heterocycles. The third kappa shape index (κ3) is 3.92. The minimum absolute atomic E-state index is 0.158. The van der Waals surface area contributed by atoms with Crippen molar-refractivity contribution >= 4 is 5.82 Å². The number of rotatable bonds is 5. The fourth-order valence-corrected chi connectivity index (χ4v) is 3.48. The van der Waals surface area contributed by atoms with Crippen molar-refractivity contribution in [3.8, 4) is 11.4 Å². The average molecular weight is 376 g/mol. The highest BCUT2D eigenvalue weighted by atomic mass is 16.5. The summed E-state index contributed by atoms with van der Waals surface area (Å²) < 4.78 is 7.37. The van der Waals surface area contributed by atoms with Crippen LogP contribution in [0.25, 0.3) is 5.69 Å². The van der Waals surface area contributed by atoms with Gasteiger partial charge in [-0.15, -0.1) is 0 Å². The number of ether oxygens (including phenoxy) is 1. The van der Waals surface area contributed by atoms with Gasteiger partial charge in [-0.05, 0) is 37.1 Å². The molecule has 0 bridgehead atoms. The Morgan fingerprint density at radius 1 is 1.18 bits per heavy atom. The van der Waals surface area contributed by atoms with E-state index in [0.29, 0.717) is 18.9 Å². The van der Waals surface area contributed by atoms with E-state index in [1.807, 2.05) is 49.4 Å². The number of aromatic nitrogens is 2. The lowest BCUT2D eigenvalue weighted by Gasteiger charge is -2.23. The summed E-state index contributed by atoms with van der Waals surface area (Å²) in [7, 11) is 0. The first-order chi connectivity index (χ1) is 13.5. The van der Waals surface area contributed by atoms with Gasteiger partial charge in [-0.3, -0.25) is 9.36 Å². The lowest BCUT2D eigenvalue weighted by Crippen LogP contribution is -2.39. The minimum Gasteiger partial charge on any atom is -0.489 e. The molecular formula is C22H24N4O2. The summed E-state index contributed by atoms with van der Waals surface area (Å²) in [6.07, 6.45) is 4.37. The number of hydrogen-bond acceptors (Lipinski definition) is 5. The van der Waals surface area contributed by atoms with Gasteiger partial charge in [0.1, 0.15) is 12.4 Å². The van der Waals surface area contributed by atoms with Gasteiger partial charge in [-0.1, -0.05) is 30.3 Å². The fraction of sp³-hybridized carbons (Fsp3) is 0.273. The molecule has 1 aliphatic heterocycles. The second-order valence-corrected chi connectivity index (χ2v) is 7.52. The zero-order valence-corrected chi connectivity index (χ0v) is 15.9. The molecule has 1 aliphatic rings. The number of anilines is 1. The van der Waals surface area contributed by atoms with Gasteiger partial charge in [0.25, 0.3) is 5.56 Å². The average Bonchev–Trinajstić information content (AvgIpc) is 3.07. The minimum atomic E-state index is -0.241. The molecule has 1 saturated heterocycles. The quantitative estimate of drug-likeness (QED) is 0.741. The van der Waals surface area contributed by atoms with Crippen molar-refractivity contribution in [1.82, 2.24) is 9.55 Å². The molecule has 2 N–H and O–H groups in total. The Morgan fingerprint density at radius 2 is 2.00 bits per heavy atom. The van der Waals surface area contributed by atoms with Gasteiger partial charge in [-0.25, -0.2) is 4.98 Å². The maximum atomic E-state index is 12.8. The molecule has 1 atom stereocenters. The second kappa shape index (κ2) is 7.48. The molecule has 144 valence electrons. The van der Waals surface area contributed by atoms with Crippen LogP contribution in [0.4, 0.5) is 5.82 Å². The summed E-state index contributed by atoms with van der Waals surface area (Å²) in [5, 5.41) is 0. The zero-order chi connectivity index (χ0) is 19.6. The molecule has 0 spiro atoms. The van der Waals surface area contributed by atoms with Gasteiger partial charge < -0.3 is 15.4 Å². The molecule has 0 saturated carbocycles. The van der Waals surface area contributed by atoms with Crippen LogP contribution in [0.5, 0.6) is 5.75 Å². The van der Waals surface area contributed by atoms with Gasteiger partial charge >= 0.3 is 0 Å². The van der Waals surface area contributed by atoms with Gasteiger partial charge in [0.05, 0.1) is 5.69 Å². The number of benzene rings is 1. The molecule has 6 nitrogen and oxygen atoms in total. The standard InChI is InChI=1S/C22H24N4O2/c1-22(23)10-13-25(16-22)21-19(8-5-11-24-21)26-12-9-18(14-20(26)27)28-15-17-6-3-2-4-7-17/h2-9,11-12,14H,10,13,15-16,23H2,1H3. The molecule has 0 radical (unpaired) electrons. The largest absolute Gasteiger partial charge is 0.489 e. The van der Waals surface area contributed by atoms with E-state index in [2.05, 4.69) is 9.88 Å². The third-order valence-corrected chi connectivity index (χ3v) is 4.97. The Balaban J connectivity index is 1.58. The Morgan fingerprint density at radius 3 is 2.71 bits per heavy atom. The first kappa shape index (κ1) is 18.3. The van der Waals surface area contributed by atoms with E-state index in [1.54, 1.807) is 23.0 Å². The molecule has 1 unspecified atom stereocenters. The van der Waals surface area contributed by atoms with Gasteiger partial charge in [-0.2, -0.15) is 0 Å². The topological polar surface area (TPSA) is 73.4 Å². The highest BCUT2D eigenvalue weighted by Gasteiger charge is 2.31. The van der Waals surface area contributed by atoms with Crippen molar-refractivity contribution in [2.45, 2.75) is 25.5 Å². The summed E-state index contributed by atoms with van der Waals surface area (Å²) in [6, 6.07) is 16.9. The lowest BCUT2D eigenvalue weighted by atomic mass is 10.0. The maximum absolute atomic E-state index is 12.8. The van der Waals surface area contributed by atoms with Crippen LogP contribution in [0.3, 0.4) is 0 Å². The van der Waals surface area contributed by atoms with Gasteiger partial charge in [0.15, 0.2) is 5.82 Å². The SMILES string of the molecule is CC1(N)CCN(c2ncccc2-n2ccc(OCc3ccccc3)cc2=O)C1. The third-order valence-electron chi connectivity index (χ3n) is 4.97. The lowest BCUT2D eigenvalue weighted by molar-refractivity contribution is 0.305. The Hall–Kier alpha value is -3.12. The summed E-state index contributed by atoms with van der Waals surface area (Å²) in [4.78, 5) is 19.4. The van der Waals surface area contributed by atoms with Crippen LogP contribution < -0.4 is 20.9 Å². The molecule has 1 aromatic carbocycles. The Labute approximate surface area is 164 Å². The first-order valence-corrected chi connectivity index (χ1v) is 9.40. The molecule has 0 aliphatic carbocycles. The summed E-state index contributed by atoms with van der Waals surface area (Å²) >= 11 is 0. The van der Waals surface area contributed by atoms with Crippen LogP contribution >= 0.6 is 0 Å². The summed E-state index contributed by atoms with van der Waals surface area (Å²) in [5.74, 6) is 1.32. The molecule has 0 amide bonds. The maximum Gasteiger partial charge on any atom is 0.258 e. The van der Waals surface area contributed by atoms with Gasteiger partial charge in [0, 0.05) is 37.1 Å². The van der Waals surface area contributed by atoms with Crippen molar-refractivity contribution in [2.75, 3.05) is 18.0 Å². The van der Waals surface area contributed by atoms with Crippen LogP contribution in [-0.2, 0) is 6.61 Å². The Bertz CT molecular complexity index is 1010. The smallest absolute Gasteiger partial charge is 0.258 e. The van der Waals surface area contributed by atoms with E-state index >= 15 is 0 Å². The zero-order valence-electron chi connectivity index (χ0n) is 15.9. The van der Waals surface area contributed by atoms with E-state index < -0.39 is 0 Å². The fourth-order valence-electron chi connectivity index (χ4n) is 3.48. The van der Waals surface area contributed by atoms with E-state index in [9.17, 15) is 4.79 Å². The summed E-state index contributed by atoms with van der Waals surface area (Å²) in [6.45, 7) is 4.00. The van der Waals surface area contributed by atoms with E-state index in [1.165, 1.54) is 6.07 Å². The van der Waals surface area contributed by atoms with Crippen molar-refractivity contribution < 1.29 is 4.74 Å². The highest BCUT2D eigenvalue weighted by molar-refractivity contribution is 5.58. The monoisotopic (exact) mass is 376 g/mol. The number of hydrogen-bond donors (Lipinski definition) is 1. The van der Waals surface area contributed by atoms with E-state index in [0.717, 1.165) is 30.0 Å². The second-order valence-electron chi connectivity index (χ2n) is 7.52. The summed E-state index contributed by atoms with van der Waals surface area (Å²) in [5.41, 5.74) is 7.68. The van der Waals surface area contributed by atoms with Crippen LogP contribution in [0.15, 0.2) is 71.8 Å². The predicted octanol–water partition coefficient (Wildman–Crippen LogP) is 2.74. The van der Waals surface area contributed by atoms with Crippen molar-refractivity contribution in [2.24, 2.45) is 5.73 Å². The number of nitrogens with two attached hydrogens (primary N) is 1. The van der Waals surface area contributed by atoms with E-state index in [4.69, 9.17) is 10.5 Å². The number of pyridine rings is 2. The predicted molar refractivity (Wildman–Crippen MR) is 110 cm³/mol. The molecule has 28 heavy (non-hydrogen) atoms. The van der Waals surface area contributed by atoms with Crippen LogP contribution in [-0.4, -0.2) is 28.2 Å².